The molecule has 3 aromatic carbocycles. The Kier molecular flexibility index (Phi) is 10.6. The van der Waals surface area contributed by atoms with E-state index in [9.17, 15) is 23.7 Å². The van der Waals surface area contributed by atoms with Crippen molar-refractivity contribution in [3.8, 4) is 5.75 Å². The molecule has 1 aliphatic rings. The van der Waals surface area contributed by atoms with Gasteiger partial charge in [0.1, 0.15) is 13.2 Å². The fourth-order valence-electron chi connectivity index (χ4n) is 4.79. The smallest absolute Gasteiger partial charge is 0.429 e. The first kappa shape index (κ1) is 34.0. The van der Waals surface area contributed by atoms with Gasteiger partial charge in [0.25, 0.3) is 11.4 Å². The standard InChI is InChI=1S/C32H28FN2O12P/c1-31(46-30(39)42-20-23-13-7-3-8-14-23)26(44-29(38)41-19-22-11-5-2-6-12-22)32(33,21-43-48(40)47-24-15-9-4-10-16-24)45-27(31)35-18-17-25(36)34-28(35)37/h2-18,26-27H,19-21H2,1H3/p+1/t26-,27+,31+,32+/m0/s1. The van der Waals surface area contributed by atoms with E-state index < -0.39 is 62.2 Å². The summed E-state index contributed by atoms with van der Waals surface area (Å²) in [6, 6.07) is 25.8. The van der Waals surface area contributed by atoms with Crippen LogP contribution in [0, 0.1) is 0 Å². The maximum Gasteiger partial charge on any atom is 0.750 e. The Morgan fingerprint density at radius 2 is 1.44 bits per heavy atom. The van der Waals surface area contributed by atoms with Crippen molar-refractivity contribution in [3.05, 3.63) is 135 Å². The Hall–Kier alpha value is -5.37. The highest BCUT2D eigenvalue weighted by molar-refractivity contribution is 7.33. The van der Waals surface area contributed by atoms with Crippen LogP contribution in [0.15, 0.2) is 113 Å². The van der Waals surface area contributed by atoms with Crippen LogP contribution in [-0.4, -0.2) is 46.0 Å². The van der Waals surface area contributed by atoms with E-state index >= 15 is 4.39 Å². The molecule has 0 amide bonds. The minimum absolute atomic E-state index is 0.142. The van der Waals surface area contributed by atoms with Gasteiger partial charge in [0.05, 0.1) is 0 Å². The van der Waals surface area contributed by atoms with E-state index in [0.717, 1.165) is 19.2 Å². The van der Waals surface area contributed by atoms with E-state index in [4.69, 9.17) is 32.7 Å². The number of rotatable bonds is 12. The fourth-order valence-corrected chi connectivity index (χ4v) is 5.42. The summed E-state index contributed by atoms with van der Waals surface area (Å²) >= 11 is 0. The van der Waals surface area contributed by atoms with Gasteiger partial charge in [-0.15, -0.1) is 4.52 Å². The van der Waals surface area contributed by atoms with Crippen LogP contribution in [-0.2, 0) is 46.0 Å². The molecule has 5 atom stereocenters. The largest absolute Gasteiger partial charge is 0.750 e. The third-order valence-corrected chi connectivity index (χ3v) is 7.72. The zero-order valence-electron chi connectivity index (χ0n) is 25.3. The number of H-pyrrole nitrogens is 1. The number of ether oxygens (including phenoxy) is 5. The van der Waals surface area contributed by atoms with E-state index in [1.807, 2.05) is 4.98 Å². The quantitative estimate of drug-likeness (QED) is 0.151. The number of aromatic nitrogens is 2. The van der Waals surface area contributed by atoms with Crippen molar-refractivity contribution in [1.29, 1.82) is 0 Å². The lowest BCUT2D eigenvalue weighted by Gasteiger charge is -2.33. The second-order valence-electron chi connectivity index (χ2n) is 10.5. The number of nitrogens with one attached hydrogen (secondary N) is 1. The average molecular weight is 684 g/mol. The number of benzene rings is 3. The molecule has 1 N–H and O–H groups in total. The second-order valence-corrected chi connectivity index (χ2v) is 11.4. The van der Waals surface area contributed by atoms with Crippen LogP contribution in [0.3, 0.4) is 0 Å². The normalized spacial score (nSPS) is 21.9. The topological polar surface area (TPSA) is 171 Å². The Bertz CT molecular complexity index is 1840. The number of aromatic amines is 1. The number of hydrogen-bond donors (Lipinski definition) is 1. The van der Waals surface area contributed by atoms with Gasteiger partial charge in [0.2, 0.25) is 11.7 Å². The van der Waals surface area contributed by atoms with Crippen LogP contribution in [0.25, 0.3) is 0 Å². The lowest BCUT2D eigenvalue weighted by atomic mass is 9.94. The molecule has 1 aromatic heterocycles. The second kappa shape index (κ2) is 15.0. The average Bonchev–Trinajstić information content (AvgIpc) is 3.28. The monoisotopic (exact) mass is 683 g/mol. The molecular weight excluding hydrogens is 654 g/mol. The Morgan fingerprint density at radius 1 is 0.875 bits per heavy atom. The highest BCUT2D eigenvalue weighted by Crippen LogP contribution is 2.50. The number of halogens is 1. The van der Waals surface area contributed by atoms with Crippen LogP contribution >= 0.6 is 8.25 Å². The van der Waals surface area contributed by atoms with Crippen molar-refractivity contribution in [2.75, 3.05) is 6.61 Å². The Morgan fingerprint density at radius 3 is 2.02 bits per heavy atom. The molecule has 48 heavy (non-hydrogen) atoms. The summed E-state index contributed by atoms with van der Waals surface area (Å²) in [6.07, 6.45) is -5.98. The van der Waals surface area contributed by atoms with Gasteiger partial charge >= 0.3 is 26.3 Å². The molecule has 16 heteroatoms. The van der Waals surface area contributed by atoms with Crippen LogP contribution in [0.2, 0.25) is 0 Å². The number of hydrogen-bond acceptors (Lipinski definition) is 12. The SMILES string of the molecule is C[C@]1(OC(=O)OCc2ccccc2)[C@H](n2ccc(=O)[nH]c2=O)O[C@](F)(CO[P+](=O)Oc2ccccc2)[C@H]1OC(=O)OCc1ccccc1. The molecule has 0 aliphatic carbocycles. The van der Waals surface area contributed by atoms with Gasteiger partial charge in [-0.2, -0.15) is 0 Å². The third kappa shape index (κ3) is 8.31. The summed E-state index contributed by atoms with van der Waals surface area (Å²) in [4.78, 5) is 52.8. The summed E-state index contributed by atoms with van der Waals surface area (Å²) in [5.74, 6) is -3.13. The summed E-state index contributed by atoms with van der Waals surface area (Å²) in [5.41, 5.74) is -3.13. The van der Waals surface area contributed by atoms with E-state index in [1.54, 1.807) is 78.9 Å². The molecule has 4 aromatic rings. The van der Waals surface area contributed by atoms with Gasteiger partial charge in [-0.25, -0.2) is 23.3 Å². The first-order valence-electron chi connectivity index (χ1n) is 14.3. The lowest BCUT2D eigenvalue weighted by Crippen LogP contribution is -2.54. The number of carbonyl (C=O) groups is 2. The van der Waals surface area contributed by atoms with Crippen molar-refractivity contribution < 1.29 is 51.3 Å². The first-order valence-corrected chi connectivity index (χ1v) is 15.4. The molecule has 2 heterocycles. The molecule has 250 valence electrons. The van der Waals surface area contributed by atoms with Gasteiger partial charge in [-0.05, 0) is 30.2 Å². The highest BCUT2D eigenvalue weighted by Gasteiger charge is 2.70. The predicted molar refractivity (Wildman–Crippen MR) is 164 cm³/mol. The van der Waals surface area contributed by atoms with E-state index in [0.29, 0.717) is 15.7 Å². The highest BCUT2D eigenvalue weighted by atomic mass is 31.1. The minimum atomic E-state index is -3.27. The molecule has 5 rings (SSSR count). The van der Waals surface area contributed by atoms with Crippen LogP contribution in [0.4, 0.5) is 14.0 Å². The van der Waals surface area contributed by atoms with Crippen LogP contribution < -0.4 is 15.8 Å². The maximum atomic E-state index is 17.1. The molecule has 1 unspecified atom stereocenters. The number of nitrogens with zero attached hydrogens (tertiary/aromatic N) is 1. The molecule has 1 fully saturated rings. The Labute approximate surface area is 272 Å². The molecular formula is C32H29FN2O12P+. The van der Waals surface area contributed by atoms with Gasteiger partial charge < -0.3 is 23.7 Å². The third-order valence-electron chi connectivity index (χ3n) is 7.02. The predicted octanol–water partition coefficient (Wildman–Crippen LogP) is 5.32. The zero-order chi connectivity index (χ0) is 34.1. The van der Waals surface area contributed by atoms with E-state index in [2.05, 4.69) is 0 Å². The van der Waals surface area contributed by atoms with Crippen LogP contribution in [0.5, 0.6) is 5.75 Å². The van der Waals surface area contributed by atoms with Gasteiger partial charge in [0, 0.05) is 16.8 Å². The van der Waals surface area contributed by atoms with Crippen molar-refractivity contribution in [3.63, 3.8) is 0 Å². The minimum Gasteiger partial charge on any atom is -0.429 e. The maximum absolute atomic E-state index is 17.1. The Balaban J connectivity index is 1.46. The summed E-state index contributed by atoms with van der Waals surface area (Å²) in [5, 5.41) is 0. The van der Waals surface area contributed by atoms with Crippen molar-refractivity contribution >= 4 is 20.6 Å². The molecule has 14 nitrogen and oxygen atoms in total. The number of alkyl halides is 1. The molecule has 0 saturated carbocycles. The van der Waals surface area contributed by atoms with Gasteiger partial charge in [-0.3, -0.25) is 14.3 Å². The van der Waals surface area contributed by atoms with Crippen molar-refractivity contribution in [2.45, 2.75) is 43.9 Å². The molecule has 0 spiro atoms. The van der Waals surface area contributed by atoms with E-state index in [-0.39, 0.29) is 19.0 Å². The summed E-state index contributed by atoms with van der Waals surface area (Å²) in [7, 11) is -3.03. The zero-order valence-corrected chi connectivity index (χ0v) is 26.2. The molecule has 0 radical (unpaired) electrons. The number of para-hydroxylation sites is 1. The van der Waals surface area contributed by atoms with Crippen molar-refractivity contribution in [1.82, 2.24) is 9.55 Å². The fraction of sp³-hybridized carbons (Fsp3) is 0.250. The van der Waals surface area contributed by atoms with Gasteiger partial charge in [-0.1, -0.05) is 78.9 Å². The molecule has 1 aliphatic heterocycles. The number of carbonyl (C=O) groups excluding carboxylic acids is 2. The van der Waals surface area contributed by atoms with Gasteiger partial charge in [0.15, 0.2) is 18.6 Å². The lowest BCUT2D eigenvalue weighted by molar-refractivity contribution is -0.206. The summed E-state index contributed by atoms with van der Waals surface area (Å²) in [6.45, 7) is -0.654. The first-order chi connectivity index (χ1) is 23.1. The van der Waals surface area contributed by atoms with Crippen LogP contribution in [0.1, 0.15) is 24.3 Å². The summed E-state index contributed by atoms with van der Waals surface area (Å²) < 4.78 is 67.7. The molecule has 1 saturated heterocycles. The molecule has 0 bridgehead atoms. The van der Waals surface area contributed by atoms with Crippen molar-refractivity contribution in [2.24, 2.45) is 0 Å². The van der Waals surface area contributed by atoms with E-state index in [1.165, 1.54) is 12.1 Å².